The van der Waals surface area contributed by atoms with Gasteiger partial charge in [0, 0.05) is 12.4 Å². The largest absolute Gasteiger partial charge is 0.300 e. The second-order valence-electron chi connectivity index (χ2n) is 3.22. The zero-order chi connectivity index (χ0) is 14.4. The molecule has 0 saturated heterocycles. The highest BCUT2D eigenvalue weighted by atomic mass is 16.1. The first-order valence-corrected chi connectivity index (χ1v) is 6.64. The van der Waals surface area contributed by atoms with Crippen molar-refractivity contribution in [2.45, 2.75) is 54.4 Å². The van der Waals surface area contributed by atoms with Crippen LogP contribution in [0.3, 0.4) is 0 Å². The highest BCUT2D eigenvalue weighted by Gasteiger charge is 1.91. The first-order valence-electron chi connectivity index (χ1n) is 6.64. The molecule has 1 aliphatic carbocycles. The van der Waals surface area contributed by atoms with Gasteiger partial charge in [0.15, 0.2) is 0 Å². The minimum absolute atomic E-state index is 0.167. The van der Waals surface area contributed by atoms with Crippen LogP contribution in [-0.4, -0.2) is 15.8 Å². The van der Waals surface area contributed by atoms with Crippen LogP contribution in [0, 0.1) is 0 Å². The fourth-order valence-electron chi connectivity index (χ4n) is 1.11. The average Bonchev–Trinajstić information content (AvgIpc) is 2.43. The molecule has 18 heavy (non-hydrogen) atoms. The molecule has 1 heterocycles. The topological polar surface area (TPSA) is 42.9 Å². The summed E-state index contributed by atoms with van der Waals surface area (Å²) in [6.45, 7) is 11.1. The summed E-state index contributed by atoms with van der Waals surface area (Å²) in [7, 11) is 0. The van der Waals surface area contributed by atoms with Gasteiger partial charge < -0.3 is 4.79 Å². The summed E-state index contributed by atoms with van der Waals surface area (Å²) >= 11 is 0. The van der Waals surface area contributed by atoms with Crippen LogP contribution in [0.2, 0.25) is 0 Å². The van der Waals surface area contributed by atoms with E-state index < -0.39 is 0 Å². The molecular weight excluding hydrogens is 224 g/mol. The van der Waals surface area contributed by atoms with Gasteiger partial charge in [-0.15, -0.1) is 0 Å². The fraction of sp³-hybridized carbons (Fsp3) is 0.533. The number of nitrogens with zero attached hydrogens (tertiary/aromatic N) is 2. The van der Waals surface area contributed by atoms with Crippen molar-refractivity contribution in [3.63, 3.8) is 0 Å². The van der Waals surface area contributed by atoms with Crippen molar-refractivity contribution in [1.82, 2.24) is 9.97 Å². The maximum Gasteiger partial charge on any atom is 0.126 e. The zero-order valence-corrected chi connectivity index (χ0v) is 12.5. The molecule has 0 aliphatic heterocycles. The van der Waals surface area contributed by atoms with E-state index in [-0.39, 0.29) is 5.78 Å². The Kier molecular flexibility index (Phi) is 14.2. The Morgan fingerprint density at radius 2 is 1.17 bits per heavy atom. The lowest BCUT2D eigenvalue weighted by molar-refractivity contribution is -0.114. The predicted molar refractivity (Wildman–Crippen MR) is 78.5 cm³/mol. The van der Waals surface area contributed by atoms with Crippen LogP contribution in [-0.2, 0) is 4.79 Å². The second kappa shape index (κ2) is 13.6. The van der Waals surface area contributed by atoms with E-state index in [9.17, 15) is 4.79 Å². The number of hydrogen-bond acceptors (Lipinski definition) is 3. The van der Waals surface area contributed by atoms with E-state index in [1.807, 2.05) is 27.7 Å². The standard InChI is InChI=1S/C8H8N2.C3H6O.2C2H6/c1-2-4-8-7(3-1)9-5-6-10-8;1-3(2)4;2*1-2/h3-6H,1-2H2;1-2H3;2*1-2H3. The summed E-state index contributed by atoms with van der Waals surface area (Å²) in [6, 6.07) is 0. The van der Waals surface area contributed by atoms with Crippen molar-refractivity contribution in [2.24, 2.45) is 0 Å². The highest BCUT2D eigenvalue weighted by molar-refractivity contribution is 5.72. The molecule has 0 fully saturated rings. The van der Waals surface area contributed by atoms with Crippen LogP contribution in [0.1, 0.15) is 54.4 Å². The predicted octanol–water partition coefficient (Wildman–Crippen LogP) is 2.48. The third-order valence-corrected chi connectivity index (χ3v) is 1.60. The van der Waals surface area contributed by atoms with Crippen LogP contribution in [0.5, 0.6) is 0 Å². The Bertz CT molecular complexity index is 385. The van der Waals surface area contributed by atoms with Gasteiger partial charge in [0.05, 0.1) is 10.7 Å². The molecule has 1 aromatic heterocycles. The number of fused-ring (bicyclic) bond motifs is 1. The molecule has 1 aliphatic rings. The van der Waals surface area contributed by atoms with E-state index in [1.54, 1.807) is 12.4 Å². The van der Waals surface area contributed by atoms with E-state index in [2.05, 4.69) is 22.1 Å². The molecule has 0 radical (unpaired) electrons. The molecule has 0 amide bonds. The number of rotatable bonds is 0. The lowest BCUT2D eigenvalue weighted by Crippen LogP contribution is -2.32. The Labute approximate surface area is 111 Å². The van der Waals surface area contributed by atoms with Crippen LogP contribution in [0.25, 0.3) is 12.2 Å². The zero-order valence-electron chi connectivity index (χ0n) is 12.5. The van der Waals surface area contributed by atoms with Crippen molar-refractivity contribution in [3.05, 3.63) is 23.1 Å². The van der Waals surface area contributed by atoms with Crippen molar-refractivity contribution in [1.29, 1.82) is 0 Å². The first-order chi connectivity index (χ1) is 8.70. The molecule has 2 rings (SSSR count). The molecule has 0 saturated carbocycles. The van der Waals surface area contributed by atoms with Gasteiger partial charge in [-0.05, 0) is 26.7 Å². The van der Waals surface area contributed by atoms with Gasteiger partial charge in [-0.2, -0.15) is 0 Å². The third kappa shape index (κ3) is 9.70. The molecule has 0 aromatic carbocycles. The Hall–Kier alpha value is -1.51. The van der Waals surface area contributed by atoms with Crippen LogP contribution in [0.4, 0.5) is 0 Å². The van der Waals surface area contributed by atoms with E-state index in [1.165, 1.54) is 13.8 Å². The Balaban J connectivity index is 0. The minimum atomic E-state index is 0.167. The second-order valence-corrected chi connectivity index (χ2v) is 3.22. The van der Waals surface area contributed by atoms with Gasteiger partial charge in [0.1, 0.15) is 5.78 Å². The van der Waals surface area contributed by atoms with Crippen LogP contribution >= 0.6 is 0 Å². The van der Waals surface area contributed by atoms with Crippen molar-refractivity contribution in [2.75, 3.05) is 0 Å². The van der Waals surface area contributed by atoms with E-state index >= 15 is 0 Å². The molecule has 0 spiro atoms. The lowest BCUT2D eigenvalue weighted by Gasteiger charge is -1.95. The van der Waals surface area contributed by atoms with Crippen molar-refractivity contribution >= 4 is 17.9 Å². The molecule has 1 aromatic rings. The number of carbonyl (C=O) groups excluding carboxylic acids is 1. The highest BCUT2D eigenvalue weighted by Crippen LogP contribution is 1.91. The summed E-state index contributed by atoms with van der Waals surface area (Å²) in [5.41, 5.74) is 0. The van der Waals surface area contributed by atoms with E-state index in [0.29, 0.717) is 0 Å². The van der Waals surface area contributed by atoms with E-state index in [0.717, 1.165) is 23.5 Å². The molecule has 0 bridgehead atoms. The van der Waals surface area contributed by atoms with Gasteiger partial charge in [0.2, 0.25) is 0 Å². The summed E-state index contributed by atoms with van der Waals surface area (Å²) in [5.74, 6) is 0.167. The molecule has 0 unspecified atom stereocenters. The SMILES string of the molecule is C1=c2nccnc2=CCC1.CC.CC.CC(C)=O. The maximum atomic E-state index is 9.44. The smallest absolute Gasteiger partial charge is 0.126 e. The molecule has 3 nitrogen and oxygen atoms in total. The Morgan fingerprint density at radius 3 is 1.44 bits per heavy atom. The number of ketones is 1. The third-order valence-electron chi connectivity index (χ3n) is 1.60. The lowest BCUT2D eigenvalue weighted by atomic mass is 10.2. The number of hydrogen-bond donors (Lipinski definition) is 0. The average molecular weight is 250 g/mol. The summed E-state index contributed by atoms with van der Waals surface area (Å²) < 4.78 is 0. The number of aromatic nitrogens is 2. The van der Waals surface area contributed by atoms with Gasteiger partial charge in [0.25, 0.3) is 0 Å². The molecule has 0 atom stereocenters. The van der Waals surface area contributed by atoms with E-state index in [4.69, 9.17) is 0 Å². The Morgan fingerprint density at radius 1 is 0.889 bits per heavy atom. The number of Topliss-reactive ketones (excluding diaryl/α,β-unsaturated/α-hetero) is 1. The molecule has 3 heteroatoms. The molecule has 0 N–H and O–H groups in total. The van der Waals surface area contributed by atoms with Gasteiger partial charge in [-0.25, -0.2) is 0 Å². The summed E-state index contributed by atoms with van der Waals surface area (Å²) in [6.07, 6.45) is 9.92. The molecular formula is C15H26N2O. The van der Waals surface area contributed by atoms with Gasteiger partial charge in [-0.3, -0.25) is 9.97 Å². The first kappa shape index (κ1) is 18.8. The minimum Gasteiger partial charge on any atom is -0.300 e. The van der Waals surface area contributed by atoms with Gasteiger partial charge in [-0.1, -0.05) is 39.8 Å². The fourth-order valence-corrected chi connectivity index (χ4v) is 1.11. The van der Waals surface area contributed by atoms with Crippen molar-refractivity contribution in [3.8, 4) is 0 Å². The van der Waals surface area contributed by atoms with Crippen LogP contribution in [0.15, 0.2) is 12.4 Å². The summed E-state index contributed by atoms with van der Waals surface area (Å²) in [4.78, 5) is 17.8. The monoisotopic (exact) mass is 250 g/mol. The normalized spacial score (nSPS) is 10.3. The summed E-state index contributed by atoms with van der Waals surface area (Å²) in [5, 5.41) is 2.07. The maximum absolute atomic E-state index is 9.44. The van der Waals surface area contributed by atoms with Gasteiger partial charge >= 0.3 is 0 Å². The molecule has 102 valence electrons. The quantitative estimate of drug-likeness (QED) is 0.710. The van der Waals surface area contributed by atoms with Crippen molar-refractivity contribution < 1.29 is 4.79 Å². The number of carbonyl (C=O) groups is 1. The van der Waals surface area contributed by atoms with Crippen LogP contribution < -0.4 is 10.7 Å².